The number of allylic oxidation sites excluding steroid dienone is 6. The molecule has 1 heterocycles. The van der Waals surface area contributed by atoms with E-state index in [2.05, 4.69) is 53.9 Å². The summed E-state index contributed by atoms with van der Waals surface area (Å²) < 4.78 is 0. The molecule has 0 saturated carbocycles. The Morgan fingerprint density at radius 1 is 0.826 bits per heavy atom. The molecule has 0 amide bonds. The first kappa shape index (κ1) is 13.4. The van der Waals surface area contributed by atoms with Crippen molar-refractivity contribution >= 4 is 11.8 Å². The highest BCUT2D eigenvalue weighted by Gasteiger charge is 2.11. The summed E-state index contributed by atoms with van der Waals surface area (Å²) in [5.41, 5.74) is 7.42. The highest BCUT2D eigenvalue weighted by molar-refractivity contribution is 5.81. The average molecular weight is 294 g/mol. The number of nitrogens with one attached hydrogen (secondary N) is 1. The number of nitrogens with zero attached hydrogens (tertiary/aromatic N) is 1. The van der Waals surface area contributed by atoms with Crippen LogP contribution in [-0.4, -0.2) is 0 Å². The Bertz CT molecular complexity index is 936. The van der Waals surface area contributed by atoms with Gasteiger partial charge in [0.1, 0.15) is 0 Å². The third kappa shape index (κ3) is 2.49. The van der Waals surface area contributed by atoms with E-state index in [9.17, 15) is 0 Å². The first-order valence-electron chi connectivity index (χ1n) is 7.52. The zero-order valence-corrected chi connectivity index (χ0v) is 12.5. The van der Waals surface area contributed by atoms with Crippen LogP contribution in [0.15, 0.2) is 84.1 Å². The number of hydrogen-bond acceptors (Lipinski definition) is 2. The first-order valence-corrected chi connectivity index (χ1v) is 7.52. The summed E-state index contributed by atoms with van der Waals surface area (Å²) >= 11 is 0. The highest BCUT2D eigenvalue weighted by atomic mass is 14.9. The summed E-state index contributed by atoms with van der Waals surface area (Å²) in [6.45, 7) is 0. The number of benzene rings is 2. The molecule has 0 saturated heterocycles. The standard InChI is InChI=1S/C21H14N2/c22-14-15-4-3-7-17(12-15)18-8-10-21-19(13-18)9-11-20(23-21)16-5-1-2-6-16/h1-13,23H. The van der Waals surface area contributed by atoms with Crippen molar-refractivity contribution in [3.63, 3.8) is 0 Å². The quantitative estimate of drug-likeness (QED) is 0.799. The van der Waals surface area contributed by atoms with Crippen LogP contribution in [0.25, 0.3) is 17.2 Å². The lowest BCUT2D eigenvalue weighted by Crippen LogP contribution is -2.04. The molecular formula is C21H14N2. The lowest BCUT2D eigenvalue weighted by molar-refractivity contribution is 1.40. The zero-order valence-electron chi connectivity index (χ0n) is 12.5. The van der Waals surface area contributed by atoms with Crippen LogP contribution >= 0.6 is 0 Å². The minimum absolute atomic E-state index is 0.681. The molecule has 0 atom stereocenters. The third-order valence-corrected chi connectivity index (χ3v) is 4.05. The number of hydrogen-bond donors (Lipinski definition) is 1. The molecule has 1 aliphatic carbocycles. The number of rotatable bonds is 1. The van der Waals surface area contributed by atoms with E-state index in [1.54, 1.807) is 0 Å². The SMILES string of the molecule is N#Cc1cccc(-c2ccc3c(c2)C=CC(=C2C=CC=C2)N3)c1. The molecule has 108 valence electrons. The monoisotopic (exact) mass is 294 g/mol. The summed E-state index contributed by atoms with van der Waals surface area (Å²) in [5, 5.41) is 12.5. The molecule has 0 spiro atoms. The lowest BCUT2D eigenvalue weighted by atomic mass is 9.98. The minimum Gasteiger partial charge on any atom is -0.355 e. The van der Waals surface area contributed by atoms with Crippen molar-refractivity contribution < 1.29 is 0 Å². The Morgan fingerprint density at radius 3 is 2.48 bits per heavy atom. The van der Waals surface area contributed by atoms with Gasteiger partial charge in [0.05, 0.1) is 11.6 Å². The number of fused-ring (bicyclic) bond motifs is 1. The molecule has 2 aromatic carbocycles. The summed E-state index contributed by atoms with van der Waals surface area (Å²) in [6, 6.07) is 16.2. The van der Waals surface area contributed by atoms with Crippen LogP contribution in [0.1, 0.15) is 11.1 Å². The van der Waals surface area contributed by atoms with Crippen LogP contribution in [0.2, 0.25) is 0 Å². The Kier molecular flexibility index (Phi) is 3.18. The van der Waals surface area contributed by atoms with Crippen LogP contribution in [0.3, 0.4) is 0 Å². The lowest BCUT2D eigenvalue weighted by Gasteiger charge is -2.18. The van der Waals surface area contributed by atoms with Gasteiger partial charge in [-0.3, -0.25) is 0 Å². The van der Waals surface area contributed by atoms with Gasteiger partial charge in [-0.1, -0.05) is 48.6 Å². The molecule has 0 bridgehead atoms. The Morgan fingerprint density at radius 2 is 1.65 bits per heavy atom. The van der Waals surface area contributed by atoms with Crippen LogP contribution in [0, 0.1) is 11.3 Å². The van der Waals surface area contributed by atoms with E-state index in [1.165, 1.54) is 5.57 Å². The van der Waals surface area contributed by atoms with Gasteiger partial charge >= 0.3 is 0 Å². The summed E-state index contributed by atoms with van der Waals surface area (Å²) in [6.07, 6.45) is 12.5. The van der Waals surface area contributed by atoms with E-state index in [-0.39, 0.29) is 0 Å². The third-order valence-electron chi connectivity index (χ3n) is 4.05. The van der Waals surface area contributed by atoms with E-state index in [0.717, 1.165) is 28.1 Å². The maximum atomic E-state index is 9.05. The molecule has 0 aromatic heterocycles. The molecule has 2 aromatic rings. The topological polar surface area (TPSA) is 35.8 Å². The molecule has 1 N–H and O–H groups in total. The van der Waals surface area contributed by atoms with Crippen molar-refractivity contribution in [3.05, 3.63) is 95.2 Å². The Hall–Kier alpha value is -3.31. The van der Waals surface area contributed by atoms with Gasteiger partial charge in [0, 0.05) is 11.4 Å². The molecular weight excluding hydrogens is 280 g/mol. The minimum atomic E-state index is 0.681. The normalized spacial score (nSPS) is 14.6. The predicted octanol–water partition coefficient (Wildman–Crippen LogP) is 5.04. The van der Waals surface area contributed by atoms with Crippen molar-refractivity contribution in [1.82, 2.24) is 0 Å². The van der Waals surface area contributed by atoms with Crippen molar-refractivity contribution in [2.24, 2.45) is 0 Å². The van der Waals surface area contributed by atoms with Crippen LogP contribution < -0.4 is 5.32 Å². The highest BCUT2D eigenvalue weighted by Crippen LogP contribution is 2.31. The van der Waals surface area contributed by atoms with Crippen LogP contribution in [0.4, 0.5) is 5.69 Å². The van der Waals surface area contributed by atoms with Gasteiger partial charge in [-0.2, -0.15) is 5.26 Å². The van der Waals surface area contributed by atoms with Crippen molar-refractivity contribution in [2.75, 3.05) is 5.32 Å². The van der Waals surface area contributed by atoms with Crippen LogP contribution in [-0.2, 0) is 0 Å². The summed E-state index contributed by atoms with van der Waals surface area (Å²) in [7, 11) is 0. The van der Waals surface area contributed by atoms with Gasteiger partial charge < -0.3 is 5.32 Å². The number of nitriles is 1. The molecule has 2 aliphatic rings. The smallest absolute Gasteiger partial charge is 0.0991 e. The molecule has 2 heteroatoms. The van der Waals surface area contributed by atoms with Gasteiger partial charge in [-0.25, -0.2) is 0 Å². The van der Waals surface area contributed by atoms with Gasteiger partial charge in [-0.15, -0.1) is 0 Å². The van der Waals surface area contributed by atoms with E-state index in [1.807, 2.05) is 36.4 Å². The number of anilines is 1. The second-order valence-corrected chi connectivity index (χ2v) is 5.54. The van der Waals surface area contributed by atoms with E-state index in [0.29, 0.717) is 5.56 Å². The maximum Gasteiger partial charge on any atom is 0.0991 e. The van der Waals surface area contributed by atoms with E-state index < -0.39 is 0 Å². The molecule has 2 nitrogen and oxygen atoms in total. The van der Waals surface area contributed by atoms with Crippen molar-refractivity contribution in [1.29, 1.82) is 5.26 Å². The Balaban J connectivity index is 1.72. The van der Waals surface area contributed by atoms with Crippen LogP contribution in [0.5, 0.6) is 0 Å². The van der Waals surface area contributed by atoms with Crippen molar-refractivity contribution in [3.8, 4) is 17.2 Å². The molecule has 0 fully saturated rings. The molecule has 23 heavy (non-hydrogen) atoms. The second-order valence-electron chi connectivity index (χ2n) is 5.54. The fourth-order valence-electron chi connectivity index (χ4n) is 2.84. The maximum absolute atomic E-state index is 9.05. The van der Waals surface area contributed by atoms with Gasteiger partial charge in [-0.05, 0) is 52.6 Å². The first-order chi connectivity index (χ1) is 11.3. The fourth-order valence-corrected chi connectivity index (χ4v) is 2.84. The van der Waals surface area contributed by atoms with Gasteiger partial charge in [0.15, 0.2) is 0 Å². The Labute approximate surface area is 135 Å². The fraction of sp³-hybridized carbons (Fsp3) is 0. The summed E-state index contributed by atoms with van der Waals surface area (Å²) in [5.74, 6) is 0. The molecule has 4 rings (SSSR count). The molecule has 0 unspecified atom stereocenters. The summed E-state index contributed by atoms with van der Waals surface area (Å²) in [4.78, 5) is 0. The molecule has 0 radical (unpaired) electrons. The van der Waals surface area contributed by atoms with Crippen molar-refractivity contribution in [2.45, 2.75) is 0 Å². The van der Waals surface area contributed by atoms with Gasteiger partial charge in [0.2, 0.25) is 0 Å². The predicted molar refractivity (Wildman–Crippen MR) is 94.6 cm³/mol. The zero-order chi connectivity index (χ0) is 15.6. The van der Waals surface area contributed by atoms with Gasteiger partial charge in [0.25, 0.3) is 0 Å². The van der Waals surface area contributed by atoms with E-state index >= 15 is 0 Å². The second kappa shape index (κ2) is 5.47. The van der Waals surface area contributed by atoms with E-state index in [4.69, 9.17) is 5.26 Å². The molecule has 1 aliphatic heterocycles. The largest absolute Gasteiger partial charge is 0.355 e. The average Bonchev–Trinajstić information content (AvgIpc) is 3.15.